The highest BCUT2D eigenvalue weighted by atomic mass is 16.5. The molecule has 0 saturated carbocycles. The maximum atomic E-state index is 5.91. The number of aromatic nitrogens is 4. The first kappa shape index (κ1) is 14.5. The van der Waals surface area contributed by atoms with E-state index >= 15 is 0 Å². The van der Waals surface area contributed by atoms with Crippen LogP contribution in [0.25, 0.3) is 11.2 Å². The van der Waals surface area contributed by atoms with E-state index in [0.29, 0.717) is 42.1 Å². The van der Waals surface area contributed by atoms with E-state index in [1.807, 2.05) is 4.57 Å². The largest absolute Gasteiger partial charge is 0.479 e. The van der Waals surface area contributed by atoms with E-state index in [-0.39, 0.29) is 0 Å². The molecule has 2 aromatic heterocycles. The number of imidazole rings is 1. The lowest BCUT2D eigenvalue weighted by molar-refractivity contribution is 0.117. The van der Waals surface area contributed by atoms with Gasteiger partial charge >= 0.3 is 0 Å². The number of nitrogen functional groups attached to an aromatic ring is 1. The van der Waals surface area contributed by atoms with Crippen LogP contribution in [0, 0.1) is 5.92 Å². The predicted octanol–water partition coefficient (Wildman–Crippen LogP) is 1.48. The monoisotopic (exact) mass is 279 g/mol. The zero-order valence-electron chi connectivity index (χ0n) is 12.2. The van der Waals surface area contributed by atoms with Crippen LogP contribution >= 0.6 is 0 Å². The molecule has 20 heavy (non-hydrogen) atoms. The summed E-state index contributed by atoms with van der Waals surface area (Å²) in [6.07, 6.45) is 2.49. The molecule has 0 aliphatic rings. The molecule has 0 radical (unpaired) electrons. The van der Waals surface area contributed by atoms with Crippen molar-refractivity contribution >= 4 is 17.1 Å². The SMILES string of the molecule is COc1ncnc2c1nc(N)n2CCOCCC(C)C. The average Bonchev–Trinajstić information content (AvgIpc) is 2.74. The van der Waals surface area contributed by atoms with E-state index in [2.05, 4.69) is 28.8 Å². The molecule has 0 spiro atoms. The Labute approximate surface area is 118 Å². The van der Waals surface area contributed by atoms with Gasteiger partial charge in [0, 0.05) is 6.61 Å². The number of anilines is 1. The molecule has 2 heterocycles. The summed E-state index contributed by atoms with van der Waals surface area (Å²) in [7, 11) is 1.55. The highest BCUT2D eigenvalue weighted by Crippen LogP contribution is 2.22. The number of rotatable bonds is 7. The molecular weight excluding hydrogens is 258 g/mol. The molecule has 0 saturated heterocycles. The van der Waals surface area contributed by atoms with Crippen molar-refractivity contribution in [1.82, 2.24) is 19.5 Å². The summed E-state index contributed by atoms with van der Waals surface area (Å²) in [5.74, 6) is 1.47. The molecule has 7 nitrogen and oxygen atoms in total. The molecule has 0 aliphatic heterocycles. The normalized spacial score (nSPS) is 11.4. The van der Waals surface area contributed by atoms with Crippen LogP contribution in [0.2, 0.25) is 0 Å². The van der Waals surface area contributed by atoms with Crippen LogP contribution < -0.4 is 10.5 Å². The number of nitrogens with two attached hydrogens (primary N) is 1. The number of hydrogen-bond donors (Lipinski definition) is 1. The summed E-state index contributed by atoms with van der Waals surface area (Å²) in [4.78, 5) is 12.5. The summed E-state index contributed by atoms with van der Waals surface area (Å²) in [5, 5.41) is 0. The minimum Gasteiger partial charge on any atom is -0.479 e. The standard InChI is InChI=1S/C13H21N5O2/c1-9(2)4-6-20-7-5-18-11-10(17-13(18)14)12(19-3)16-8-15-11/h8-9H,4-7H2,1-3H3,(H2,14,17). The lowest BCUT2D eigenvalue weighted by Crippen LogP contribution is -2.10. The maximum Gasteiger partial charge on any atom is 0.245 e. The Balaban J connectivity index is 2.05. The van der Waals surface area contributed by atoms with Crippen LogP contribution in [0.5, 0.6) is 5.88 Å². The van der Waals surface area contributed by atoms with E-state index < -0.39 is 0 Å². The summed E-state index contributed by atoms with van der Waals surface area (Å²) in [6.45, 7) is 6.29. The number of fused-ring (bicyclic) bond motifs is 1. The van der Waals surface area contributed by atoms with Gasteiger partial charge in [-0.25, -0.2) is 9.97 Å². The zero-order valence-corrected chi connectivity index (χ0v) is 12.2. The van der Waals surface area contributed by atoms with E-state index in [1.54, 1.807) is 7.11 Å². The Bertz CT molecular complexity index is 567. The molecule has 7 heteroatoms. The van der Waals surface area contributed by atoms with Crippen LogP contribution in [-0.4, -0.2) is 39.8 Å². The molecule has 0 aliphatic carbocycles. The van der Waals surface area contributed by atoms with Crippen molar-refractivity contribution in [3.05, 3.63) is 6.33 Å². The van der Waals surface area contributed by atoms with Crippen molar-refractivity contribution < 1.29 is 9.47 Å². The van der Waals surface area contributed by atoms with Gasteiger partial charge in [0.25, 0.3) is 0 Å². The maximum absolute atomic E-state index is 5.91. The Morgan fingerprint density at radius 2 is 2.10 bits per heavy atom. The third kappa shape index (κ3) is 3.16. The highest BCUT2D eigenvalue weighted by Gasteiger charge is 2.14. The summed E-state index contributed by atoms with van der Waals surface area (Å²) in [5.41, 5.74) is 7.16. The van der Waals surface area contributed by atoms with Crippen LogP contribution in [0.3, 0.4) is 0 Å². The topological polar surface area (TPSA) is 88.1 Å². The van der Waals surface area contributed by atoms with Crippen molar-refractivity contribution in [3.63, 3.8) is 0 Å². The van der Waals surface area contributed by atoms with Crippen LogP contribution in [0.15, 0.2) is 6.33 Å². The van der Waals surface area contributed by atoms with E-state index in [0.717, 1.165) is 13.0 Å². The quantitative estimate of drug-likeness (QED) is 0.772. The van der Waals surface area contributed by atoms with Crippen molar-refractivity contribution in [2.75, 3.05) is 26.1 Å². The Hall–Kier alpha value is -1.89. The molecular formula is C13H21N5O2. The second-order valence-corrected chi connectivity index (χ2v) is 4.97. The van der Waals surface area contributed by atoms with E-state index in [1.165, 1.54) is 6.33 Å². The number of methoxy groups -OCH3 is 1. The third-order valence-corrected chi connectivity index (χ3v) is 3.02. The first-order valence-electron chi connectivity index (χ1n) is 6.72. The number of nitrogens with zero attached hydrogens (tertiary/aromatic N) is 4. The second-order valence-electron chi connectivity index (χ2n) is 4.97. The van der Waals surface area contributed by atoms with Gasteiger partial charge in [0.15, 0.2) is 11.2 Å². The Morgan fingerprint density at radius 3 is 2.80 bits per heavy atom. The second kappa shape index (κ2) is 6.51. The van der Waals surface area contributed by atoms with Gasteiger partial charge in [-0.15, -0.1) is 0 Å². The van der Waals surface area contributed by atoms with Crippen molar-refractivity contribution in [3.8, 4) is 5.88 Å². The molecule has 2 rings (SSSR count). The van der Waals surface area contributed by atoms with Gasteiger partial charge in [0.05, 0.1) is 20.3 Å². The lowest BCUT2D eigenvalue weighted by Gasteiger charge is -2.08. The molecule has 0 aromatic carbocycles. The van der Waals surface area contributed by atoms with Crippen molar-refractivity contribution in [1.29, 1.82) is 0 Å². The average molecular weight is 279 g/mol. The minimum absolute atomic E-state index is 0.395. The van der Waals surface area contributed by atoms with Crippen molar-refractivity contribution in [2.24, 2.45) is 5.92 Å². The molecule has 0 atom stereocenters. The van der Waals surface area contributed by atoms with Gasteiger partial charge < -0.3 is 15.2 Å². The molecule has 2 N–H and O–H groups in total. The van der Waals surface area contributed by atoms with Gasteiger partial charge in [-0.1, -0.05) is 13.8 Å². The molecule has 0 fully saturated rings. The Kier molecular flexibility index (Phi) is 4.73. The summed E-state index contributed by atoms with van der Waals surface area (Å²) in [6, 6.07) is 0. The van der Waals surface area contributed by atoms with Gasteiger partial charge in [-0.2, -0.15) is 4.98 Å². The van der Waals surface area contributed by atoms with Crippen molar-refractivity contribution in [2.45, 2.75) is 26.8 Å². The molecule has 0 bridgehead atoms. The smallest absolute Gasteiger partial charge is 0.245 e. The van der Waals surface area contributed by atoms with Gasteiger partial charge in [0.1, 0.15) is 6.33 Å². The molecule has 110 valence electrons. The zero-order chi connectivity index (χ0) is 14.5. The summed E-state index contributed by atoms with van der Waals surface area (Å²) >= 11 is 0. The molecule has 0 unspecified atom stereocenters. The molecule has 2 aromatic rings. The third-order valence-electron chi connectivity index (χ3n) is 3.02. The number of ether oxygens (including phenoxy) is 2. The van der Waals surface area contributed by atoms with Crippen LogP contribution in [0.1, 0.15) is 20.3 Å². The fourth-order valence-corrected chi connectivity index (χ4v) is 1.88. The first-order chi connectivity index (χ1) is 9.63. The van der Waals surface area contributed by atoms with Gasteiger partial charge in [0.2, 0.25) is 11.8 Å². The fraction of sp³-hybridized carbons (Fsp3) is 0.615. The van der Waals surface area contributed by atoms with Crippen LogP contribution in [0.4, 0.5) is 5.95 Å². The van der Waals surface area contributed by atoms with Gasteiger partial charge in [-0.3, -0.25) is 4.57 Å². The predicted molar refractivity (Wildman–Crippen MR) is 76.6 cm³/mol. The van der Waals surface area contributed by atoms with Gasteiger partial charge in [-0.05, 0) is 12.3 Å². The highest BCUT2D eigenvalue weighted by molar-refractivity contribution is 5.78. The summed E-state index contributed by atoms with van der Waals surface area (Å²) < 4.78 is 12.6. The minimum atomic E-state index is 0.395. The van der Waals surface area contributed by atoms with Crippen LogP contribution in [-0.2, 0) is 11.3 Å². The van der Waals surface area contributed by atoms with E-state index in [9.17, 15) is 0 Å². The Morgan fingerprint density at radius 1 is 1.30 bits per heavy atom. The molecule has 0 amide bonds. The lowest BCUT2D eigenvalue weighted by atomic mass is 10.1. The first-order valence-corrected chi connectivity index (χ1v) is 6.72. The number of hydrogen-bond acceptors (Lipinski definition) is 6. The van der Waals surface area contributed by atoms with E-state index in [4.69, 9.17) is 15.2 Å². The fourth-order valence-electron chi connectivity index (χ4n) is 1.88.